The summed E-state index contributed by atoms with van der Waals surface area (Å²) in [5.74, 6) is -0.724. The number of carbonyl (C=O) groups is 3. The van der Waals surface area contributed by atoms with E-state index in [-0.39, 0.29) is 18.2 Å². The number of hydrogen-bond donors (Lipinski definition) is 1. The SMILES string of the molecule is COC(=O)c1ccc(C=C2SC(=S)N(CCCC(=O)Nc3ccccc3Br)C2=O)cc1. The summed E-state index contributed by atoms with van der Waals surface area (Å²) in [7, 11) is 1.33. The number of halogens is 1. The van der Waals surface area contributed by atoms with E-state index in [4.69, 9.17) is 12.2 Å². The molecule has 0 aromatic heterocycles. The van der Waals surface area contributed by atoms with Crippen LogP contribution in [0, 0.1) is 0 Å². The van der Waals surface area contributed by atoms with Gasteiger partial charge in [-0.05, 0) is 58.3 Å². The van der Waals surface area contributed by atoms with Crippen LogP contribution in [0.4, 0.5) is 5.69 Å². The predicted octanol–water partition coefficient (Wildman–Crippen LogP) is 4.86. The number of anilines is 1. The first kappa shape index (κ1) is 23.2. The van der Waals surface area contributed by atoms with Crippen molar-refractivity contribution < 1.29 is 19.1 Å². The van der Waals surface area contributed by atoms with Crippen molar-refractivity contribution in [3.05, 3.63) is 69.0 Å². The van der Waals surface area contributed by atoms with Gasteiger partial charge in [-0.25, -0.2) is 4.79 Å². The Balaban J connectivity index is 1.55. The minimum Gasteiger partial charge on any atom is -0.465 e. The van der Waals surface area contributed by atoms with Gasteiger partial charge in [-0.2, -0.15) is 0 Å². The Labute approximate surface area is 198 Å². The minimum absolute atomic E-state index is 0.126. The zero-order valence-electron chi connectivity index (χ0n) is 16.6. The number of benzene rings is 2. The highest BCUT2D eigenvalue weighted by Crippen LogP contribution is 2.32. The van der Waals surface area contributed by atoms with Crippen LogP contribution in [0.5, 0.6) is 0 Å². The van der Waals surface area contributed by atoms with E-state index in [1.54, 1.807) is 30.3 Å². The molecule has 1 heterocycles. The van der Waals surface area contributed by atoms with Crippen molar-refractivity contribution in [3.63, 3.8) is 0 Å². The summed E-state index contributed by atoms with van der Waals surface area (Å²) in [6.07, 6.45) is 2.50. The van der Waals surface area contributed by atoms with E-state index in [0.717, 1.165) is 10.0 Å². The molecule has 0 aliphatic carbocycles. The maximum Gasteiger partial charge on any atom is 0.337 e. The van der Waals surface area contributed by atoms with Gasteiger partial charge in [0, 0.05) is 17.4 Å². The third-order valence-electron chi connectivity index (χ3n) is 4.44. The van der Waals surface area contributed by atoms with E-state index >= 15 is 0 Å². The molecular weight excluding hydrogens is 500 g/mol. The fraction of sp³-hybridized carbons (Fsp3) is 0.182. The fourth-order valence-corrected chi connectivity index (χ4v) is 4.54. The lowest BCUT2D eigenvalue weighted by Gasteiger charge is -2.14. The van der Waals surface area contributed by atoms with Crippen molar-refractivity contribution in [1.29, 1.82) is 0 Å². The average molecular weight is 519 g/mol. The zero-order chi connectivity index (χ0) is 22.4. The molecule has 0 spiro atoms. The number of esters is 1. The molecule has 0 atom stereocenters. The average Bonchev–Trinajstić information content (AvgIpc) is 3.02. The molecule has 0 radical (unpaired) electrons. The van der Waals surface area contributed by atoms with Crippen LogP contribution in [0.2, 0.25) is 0 Å². The molecule has 1 N–H and O–H groups in total. The molecule has 2 aromatic carbocycles. The molecule has 2 amide bonds. The van der Waals surface area contributed by atoms with Gasteiger partial charge in [-0.15, -0.1) is 0 Å². The number of amides is 2. The van der Waals surface area contributed by atoms with Crippen molar-refractivity contribution in [2.75, 3.05) is 19.0 Å². The van der Waals surface area contributed by atoms with Crippen LogP contribution in [0.15, 0.2) is 57.9 Å². The van der Waals surface area contributed by atoms with Crippen LogP contribution in [0.1, 0.15) is 28.8 Å². The first-order chi connectivity index (χ1) is 14.9. The van der Waals surface area contributed by atoms with Crippen LogP contribution in [-0.4, -0.2) is 40.7 Å². The van der Waals surface area contributed by atoms with Gasteiger partial charge in [0.25, 0.3) is 5.91 Å². The van der Waals surface area contributed by atoms with Crippen LogP contribution < -0.4 is 5.32 Å². The lowest BCUT2D eigenvalue weighted by molar-refractivity contribution is -0.122. The molecule has 1 aliphatic rings. The Morgan fingerprint density at radius 1 is 1.19 bits per heavy atom. The second-order valence-electron chi connectivity index (χ2n) is 6.58. The van der Waals surface area contributed by atoms with Crippen LogP contribution in [-0.2, 0) is 14.3 Å². The zero-order valence-corrected chi connectivity index (χ0v) is 19.8. The third-order valence-corrected chi connectivity index (χ3v) is 6.51. The van der Waals surface area contributed by atoms with Gasteiger partial charge in [-0.1, -0.05) is 48.2 Å². The first-order valence-corrected chi connectivity index (χ1v) is 11.4. The molecule has 1 aliphatic heterocycles. The van der Waals surface area contributed by atoms with E-state index in [9.17, 15) is 14.4 Å². The molecule has 0 bridgehead atoms. The maximum atomic E-state index is 12.7. The smallest absolute Gasteiger partial charge is 0.337 e. The minimum atomic E-state index is -0.415. The maximum absolute atomic E-state index is 12.7. The molecule has 2 aromatic rings. The Bertz CT molecular complexity index is 1050. The van der Waals surface area contributed by atoms with E-state index < -0.39 is 5.97 Å². The number of hydrogen-bond acceptors (Lipinski definition) is 6. The molecule has 6 nitrogen and oxygen atoms in total. The Morgan fingerprint density at radius 2 is 1.90 bits per heavy atom. The molecule has 160 valence electrons. The molecular formula is C22H19BrN2O4S2. The summed E-state index contributed by atoms with van der Waals surface area (Å²) >= 11 is 9.96. The number of ether oxygens (including phenoxy) is 1. The van der Waals surface area contributed by atoms with Crippen LogP contribution in [0.3, 0.4) is 0 Å². The van der Waals surface area contributed by atoms with Gasteiger partial charge < -0.3 is 10.1 Å². The molecule has 0 saturated carbocycles. The summed E-state index contributed by atoms with van der Waals surface area (Å²) in [4.78, 5) is 38.5. The van der Waals surface area contributed by atoms with Gasteiger partial charge >= 0.3 is 5.97 Å². The van der Waals surface area contributed by atoms with Gasteiger partial charge in [-0.3, -0.25) is 14.5 Å². The van der Waals surface area contributed by atoms with E-state index in [0.29, 0.717) is 33.4 Å². The number of nitrogens with one attached hydrogen (secondary N) is 1. The van der Waals surface area contributed by atoms with E-state index in [2.05, 4.69) is 26.0 Å². The summed E-state index contributed by atoms with van der Waals surface area (Å²) in [5, 5.41) is 2.84. The summed E-state index contributed by atoms with van der Waals surface area (Å²) in [6, 6.07) is 14.1. The number of rotatable bonds is 7. The van der Waals surface area contributed by atoms with Crippen molar-refractivity contribution in [3.8, 4) is 0 Å². The number of thiocarbonyl (C=S) groups is 1. The first-order valence-electron chi connectivity index (χ1n) is 9.37. The lowest BCUT2D eigenvalue weighted by Crippen LogP contribution is -2.29. The van der Waals surface area contributed by atoms with Gasteiger partial charge in [0.15, 0.2) is 0 Å². The fourth-order valence-electron chi connectivity index (χ4n) is 2.85. The second-order valence-corrected chi connectivity index (χ2v) is 9.11. The Morgan fingerprint density at radius 3 is 2.58 bits per heavy atom. The number of para-hydroxylation sites is 1. The summed E-state index contributed by atoms with van der Waals surface area (Å²) < 4.78 is 5.96. The number of methoxy groups -OCH3 is 1. The van der Waals surface area contributed by atoms with Crippen molar-refractivity contribution >= 4 is 73.8 Å². The quantitative estimate of drug-likeness (QED) is 0.320. The summed E-state index contributed by atoms with van der Waals surface area (Å²) in [6.45, 7) is 0.368. The van der Waals surface area contributed by atoms with E-state index in [1.807, 2.05) is 24.3 Å². The Kier molecular flexibility index (Phi) is 8.00. The molecule has 9 heteroatoms. The highest BCUT2D eigenvalue weighted by Gasteiger charge is 2.31. The highest BCUT2D eigenvalue weighted by molar-refractivity contribution is 9.10. The van der Waals surface area contributed by atoms with Crippen LogP contribution >= 0.6 is 39.9 Å². The standard InChI is InChI=1S/C22H19BrN2O4S2/c1-29-21(28)15-10-8-14(9-11-15)13-18-20(27)25(22(30)31-18)12-4-7-19(26)24-17-6-3-2-5-16(17)23/h2-3,5-6,8-11,13H,4,7,12H2,1H3,(H,24,26). The molecule has 3 rings (SSSR count). The Hall–Kier alpha value is -2.49. The van der Waals surface area contributed by atoms with Gasteiger partial charge in [0.05, 0.1) is 23.3 Å². The van der Waals surface area contributed by atoms with Crippen molar-refractivity contribution in [2.24, 2.45) is 0 Å². The predicted molar refractivity (Wildman–Crippen MR) is 130 cm³/mol. The van der Waals surface area contributed by atoms with Crippen molar-refractivity contribution in [1.82, 2.24) is 4.90 Å². The van der Waals surface area contributed by atoms with Gasteiger partial charge in [0.2, 0.25) is 5.91 Å². The normalized spacial score (nSPS) is 14.8. The number of thioether (sulfide) groups is 1. The topological polar surface area (TPSA) is 75.7 Å². The third kappa shape index (κ3) is 6.03. The van der Waals surface area contributed by atoms with E-state index in [1.165, 1.54) is 23.8 Å². The lowest BCUT2D eigenvalue weighted by atomic mass is 10.1. The molecule has 0 unspecified atom stereocenters. The van der Waals surface area contributed by atoms with Crippen LogP contribution in [0.25, 0.3) is 6.08 Å². The number of carbonyl (C=O) groups excluding carboxylic acids is 3. The summed E-state index contributed by atoms with van der Waals surface area (Å²) in [5.41, 5.74) is 1.92. The number of nitrogens with zero attached hydrogens (tertiary/aromatic N) is 1. The van der Waals surface area contributed by atoms with Gasteiger partial charge in [0.1, 0.15) is 4.32 Å². The highest BCUT2D eigenvalue weighted by atomic mass is 79.9. The monoisotopic (exact) mass is 518 g/mol. The molecule has 1 fully saturated rings. The molecule has 1 saturated heterocycles. The molecule has 31 heavy (non-hydrogen) atoms. The second kappa shape index (κ2) is 10.7. The largest absolute Gasteiger partial charge is 0.465 e. The van der Waals surface area contributed by atoms with Crippen molar-refractivity contribution in [2.45, 2.75) is 12.8 Å².